The van der Waals surface area contributed by atoms with E-state index in [4.69, 9.17) is 4.52 Å². The molecule has 1 nitrogen and oxygen atoms in total. The van der Waals surface area contributed by atoms with Crippen LogP contribution in [0.3, 0.4) is 0 Å². The van der Waals surface area contributed by atoms with Gasteiger partial charge in [-0.15, -0.1) is 0 Å². The van der Waals surface area contributed by atoms with Crippen molar-refractivity contribution in [2.24, 2.45) is 0 Å². The van der Waals surface area contributed by atoms with Crippen LogP contribution in [0.4, 0.5) is 0 Å². The maximum Gasteiger partial charge on any atom is 0.0477 e. The fourth-order valence-electron chi connectivity index (χ4n) is 0.873. The summed E-state index contributed by atoms with van der Waals surface area (Å²) in [4.78, 5) is 0. The topological polar surface area (TPSA) is 9.23 Å². The molecule has 1 atom stereocenters. The third-order valence-corrected chi connectivity index (χ3v) is 3.26. The van der Waals surface area contributed by atoms with Gasteiger partial charge in [-0.05, 0) is 18.6 Å². The Morgan fingerprint density at radius 1 is 1.42 bits per heavy atom. The number of halogens is 1. The zero-order valence-corrected chi connectivity index (χ0v) is 9.60. The molecule has 0 bridgehead atoms. The van der Waals surface area contributed by atoms with E-state index in [1.54, 1.807) is 0 Å². The first-order valence-corrected chi connectivity index (χ1v) is 5.83. The van der Waals surface area contributed by atoms with Crippen LogP contribution in [-0.4, -0.2) is 6.61 Å². The molecule has 0 aliphatic carbocycles. The minimum atomic E-state index is 0.576. The first-order valence-electron chi connectivity index (χ1n) is 3.92. The monoisotopic (exact) mass is 246 g/mol. The molecule has 0 aliphatic rings. The van der Waals surface area contributed by atoms with E-state index >= 15 is 0 Å². The van der Waals surface area contributed by atoms with E-state index in [2.05, 4.69) is 34.1 Å². The highest BCUT2D eigenvalue weighted by Gasteiger charge is 1.96. The van der Waals surface area contributed by atoms with Gasteiger partial charge in [-0.2, -0.15) is 0 Å². The Labute approximate surface area is 83.5 Å². The molecule has 1 aromatic rings. The van der Waals surface area contributed by atoms with Crippen molar-refractivity contribution >= 4 is 24.7 Å². The SMILES string of the molecule is CCOPCc1ccccc1Br. The van der Waals surface area contributed by atoms with Gasteiger partial charge < -0.3 is 4.52 Å². The Morgan fingerprint density at radius 2 is 2.17 bits per heavy atom. The van der Waals surface area contributed by atoms with E-state index < -0.39 is 0 Å². The molecule has 1 rings (SSSR count). The van der Waals surface area contributed by atoms with Crippen LogP contribution >= 0.6 is 24.7 Å². The van der Waals surface area contributed by atoms with E-state index in [1.165, 1.54) is 10.0 Å². The molecule has 0 aromatic heterocycles. The number of hydrogen-bond donors (Lipinski definition) is 0. The maximum atomic E-state index is 5.30. The van der Waals surface area contributed by atoms with Gasteiger partial charge in [0.25, 0.3) is 0 Å². The Bertz CT molecular complexity index is 240. The Balaban J connectivity index is 2.46. The summed E-state index contributed by atoms with van der Waals surface area (Å²) < 4.78 is 6.48. The zero-order chi connectivity index (χ0) is 8.81. The molecule has 0 heterocycles. The molecule has 0 fully saturated rings. The summed E-state index contributed by atoms with van der Waals surface area (Å²) in [7, 11) is 0.576. The second-order valence-corrected chi connectivity index (χ2v) is 4.13. The molecule has 0 saturated heterocycles. The molecule has 1 unspecified atom stereocenters. The highest BCUT2D eigenvalue weighted by Crippen LogP contribution is 2.25. The molecule has 0 radical (unpaired) electrons. The number of hydrogen-bond acceptors (Lipinski definition) is 1. The van der Waals surface area contributed by atoms with Crippen LogP contribution in [0, 0.1) is 0 Å². The van der Waals surface area contributed by atoms with Gasteiger partial charge >= 0.3 is 0 Å². The summed E-state index contributed by atoms with van der Waals surface area (Å²) in [6.07, 6.45) is 1.01. The van der Waals surface area contributed by atoms with Crippen LogP contribution in [0.2, 0.25) is 0 Å². The molecule has 3 heteroatoms. The molecule has 66 valence electrons. The summed E-state index contributed by atoms with van der Waals surface area (Å²) in [5.41, 5.74) is 1.32. The third-order valence-electron chi connectivity index (χ3n) is 1.47. The average Bonchev–Trinajstić information content (AvgIpc) is 2.09. The van der Waals surface area contributed by atoms with E-state index in [0.717, 1.165) is 12.8 Å². The lowest BCUT2D eigenvalue weighted by molar-refractivity contribution is 0.389. The van der Waals surface area contributed by atoms with Crippen molar-refractivity contribution in [2.45, 2.75) is 13.1 Å². The average molecular weight is 247 g/mol. The van der Waals surface area contributed by atoms with Crippen molar-refractivity contribution in [2.75, 3.05) is 6.61 Å². The predicted octanol–water partition coefficient (Wildman–Crippen LogP) is 3.58. The third kappa shape index (κ3) is 3.22. The summed E-state index contributed by atoms with van der Waals surface area (Å²) in [5, 5.41) is 0. The fourth-order valence-corrected chi connectivity index (χ4v) is 2.33. The smallest absolute Gasteiger partial charge is 0.0477 e. The summed E-state index contributed by atoms with van der Waals surface area (Å²) >= 11 is 3.50. The molecule has 0 amide bonds. The molecule has 12 heavy (non-hydrogen) atoms. The standard InChI is InChI=1S/C9H12BrOP/c1-2-11-12-7-8-5-3-4-6-9(8)10/h3-6,12H,2,7H2,1H3. The van der Waals surface area contributed by atoms with Gasteiger partial charge in [0, 0.05) is 26.0 Å². The lowest BCUT2D eigenvalue weighted by atomic mass is 10.2. The second-order valence-electron chi connectivity index (χ2n) is 2.35. The molecular formula is C9H12BrOP. The molecule has 1 aromatic carbocycles. The van der Waals surface area contributed by atoms with Crippen molar-refractivity contribution in [3.63, 3.8) is 0 Å². The van der Waals surface area contributed by atoms with E-state index in [-0.39, 0.29) is 0 Å². The van der Waals surface area contributed by atoms with Crippen molar-refractivity contribution in [3.8, 4) is 0 Å². The van der Waals surface area contributed by atoms with Crippen molar-refractivity contribution < 1.29 is 4.52 Å². The zero-order valence-electron chi connectivity index (χ0n) is 7.01. The Morgan fingerprint density at radius 3 is 2.83 bits per heavy atom. The largest absolute Gasteiger partial charge is 0.362 e. The normalized spacial score (nSPS) is 11.2. The summed E-state index contributed by atoms with van der Waals surface area (Å²) in [5.74, 6) is 0. The Kier molecular flexibility index (Phi) is 4.82. The predicted molar refractivity (Wildman–Crippen MR) is 57.8 cm³/mol. The van der Waals surface area contributed by atoms with Gasteiger partial charge in [0.2, 0.25) is 0 Å². The number of benzene rings is 1. The first-order chi connectivity index (χ1) is 5.84. The second kappa shape index (κ2) is 5.69. The highest BCUT2D eigenvalue weighted by atomic mass is 79.9. The van der Waals surface area contributed by atoms with Crippen molar-refractivity contribution in [1.29, 1.82) is 0 Å². The highest BCUT2D eigenvalue weighted by molar-refractivity contribution is 9.10. The van der Waals surface area contributed by atoms with Crippen LogP contribution in [0.25, 0.3) is 0 Å². The van der Waals surface area contributed by atoms with Crippen molar-refractivity contribution in [1.82, 2.24) is 0 Å². The van der Waals surface area contributed by atoms with Crippen LogP contribution < -0.4 is 0 Å². The quantitative estimate of drug-likeness (QED) is 0.583. The molecule has 0 N–H and O–H groups in total. The fraction of sp³-hybridized carbons (Fsp3) is 0.333. The van der Waals surface area contributed by atoms with Gasteiger partial charge in [-0.25, -0.2) is 0 Å². The Hall–Kier alpha value is 0.0900. The number of rotatable bonds is 4. The molecule has 0 spiro atoms. The molecular weight excluding hydrogens is 235 g/mol. The van der Waals surface area contributed by atoms with Crippen LogP contribution in [0.5, 0.6) is 0 Å². The lowest BCUT2D eigenvalue weighted by Gasteiger charge is -2.03. The van der Waals surface area contributed by atoms with Gasteiger partial charge in [0.05, 0.1) is 0 Å². The van der Waals surface area contributed by atoms with Gasteiger partial charge in [0.1, 0.15) is 0 Å². The minimum absolute atomic E-state index is 0.576. The first kappa shape index (κ1) is 10.2. The molecule has 0 aliphatic heterocycles. The molecule has 0 saturated carbocycles. The van der Waals surface area contributed by atoms with E-state index in [1.807, 2.05) is 13.0 Å². The maximum absolute atomic E-state index is 5.30. The van der Waals surface area contributed by atoms with Gasteiger partial charge in [0.15, 0.2) is 0 Å². The summed E-state index contributed by atoms with van der Waals surface area (Å²) in [6.45, 7) is 2.83. The van der Waals surface area contributed by atoms with Crippen LogP contribution in [0.1, 0.15) is 12.5 Å². The van der Waals surface area contributed by atoms with E-state index in [9.17, 15) is 0 Å². The lowest BCUT2D eigenvalue weighted by Crippen LogP contribution is -1.82. The van der Waals surface area contributed by atoms with Gasteiger partial charge in [-0.3, -0.25) is 0 Å². The van der Waals surface area contributed by atoms with Crippen molar-refractivity contribution in [3.05, 3.63) is 34.3 Å². The van der Waals surface area contributed by atoms with Crippen LogP contribution in [-0.2, 0) is 10.7 Å². The summed E-state index contributed by atoms with van der Waals surface area (Å²) in [6, 6.07) is 8.26. The minimum Gasteiger partial charge on any atom is -0.362 e. The van der Waals surface area contributed by atoms with Crippen LogP contribution in [0.15, 0.2) is 28.7 Å². The van der Waals surface area contributed by atoms with E-state index in [0.29, 0.717) is 8.81 Å². The van der Waals surface area contributed by atoms with Gasteiger partial charge in [-0.1, -0.05) is 34.1 Å².